The van der Waals surface area contributed by atoms with Crippen molar-refractivity contribution in [1.82, 2.24) is 0 Å². The Labute approximate surface area is 103 Å². The maximum absolute atomic E-state index is 11.3. The van der Waals surface area contributed by atoms with Crippen molar-refractivity contribution < 1.29 is 9.90 Å². The fourth-order valence-electron chi connectivity index (χ4n) is 2.93. The van der Waals surface area contributed by atoms with E-state index in [4.69, 9.17) is 0 Å². The summed E-state index contributed by atoms with van der Waals surface area (Å²) in [7, 11) is 0. The predicted molar refractivity (Wildman–Crippen MR) is 67.9 cm³/mol. The quantitative estimate of drug-likeness (QED) is 0.844. The topological polar surface area (TPSA) is 37.3 Å². The molecule has 2 nitrogen and oxygen atoms in total. The van der Waals surface area contributed by atoms with Crippen LogP contribution < -0.4 is 0 Å². The zero-order valence-electron chi connectivity index (χ0n) is 10.5. The highest BCUT2D eigenvalue weighted by molar-refractivity contribution is 5.71. The van der Waals surface area contributed by atoms with E-state index in [0.29, 0.717) is 0 Å². The molecule has 0 radical (unpaired) electrons. The molecule has 0 aliphatic heterocycles. The van der Waals surface area contributed by atoms with Gasteiger partial charge in [0.2, 0.25) is 0 Å². The van der Waals surface area contributed by atoms with Crippen LogP contribution in [-0.4, -0.2) is 11.1 Å². The third-order valence-electron chi connectivity index (χ3n) is 3.94. The summed E-state index contributed by atoms with van der Waals surface area (Å²) in [6.45, 7) is 4.47. The number of carboxylic acids is 1. The lowest BCUT2D eigenvalue weighted by molar-refractivity contribution is -0.144. The lowest BCUT2D eigenvalue weighted by Gasteiger charge is -2.39. The summed E-state index contributed by atoms with van der Waals surface area (Å²) in [5.74, 6) is -0.697. The molecule has 1 aromatic rings. The molecule has 0 bridgehead atoms. The highest BCUT2D eigenvalue weighted by Gasteiger charge is 2.39. The number of aliphatic carboxylic acids is 1. The molecule has 1 aliphatic rings. The molecular formula is C15H20O2. The minimum Gasteiger partial charge on any atom is -0.481 e. The molecule has 1 saturated carbocycles. The van der Waals surface area contributed by atoms with E-state index in [9.17, 15) is 9.90 Å². The van der Waals surface area contributed by atoms with E-state index in [1.54, 1.807) is 0 Å². The molecule has 0 spiro atoms. The van der Waals surface area contributed by atoms with Crippen molar-refractivity contribution in [1.29, 1.82) is 0 Å². The maximum atomic E-state index is 11.3. The van der Waals surface area contributed by atoms with Gasteiger partial charge < -0.3 is 5.11 Å². The van der Waals surface area contributed by atoms with Gasteiger partial charge in [-0.25, -0.2) is 0 Å². The van der Waals surface area contributed by atoms with Crippen LogP contribution in [0.5, 0.6) is 0 Å². The van der Waals surface area contributed by atoms with Gasteiger partial charge in [0, 0.05) is 0 Å². The second-order valence-electron chi connectivity index (χ2n) is 5.87. The van der Waals surface area contributed by atoms with Gasteiger partial charge in [-0.2, -0.15) is 0 Å². The number of hydrogen-bond acceptors (Lipinski definition) is 1. The van der Waals surface area contributed by atoms with Gasteiger partial charge in [0.25, 0.3) is 0 Å². The van der Waals surface area contributed by atoms with Gasteiger partial charge in [0.05, 0.1) is 5.92 Å². The second kappa shape index (κ2) is 4.52. The molecule has 1 aromatic carbocycles. The van der Waals surface area contributed by atoms with Crippen molar-refractivity contribution >= 4 is 5.97 Å². The summed E-state index contributed by atoms with van der Waals surface area (Å²) in [6.07, 6.45) is 2.77. The van der Waals surface area contributed by atoms with E-state index < -0.39 is 5.97 Å². The van der Waals surface area contributed by atoms with Crippen LogP contribution in [0, 0.1) is 11.3 Å². The molecule has 0 aromatic heterocycles. The van der Waals surface area contributed by atoms with E-state index in [-0.39, 0.29) is 17.3 Å². The molecule has 1 aliphatic carbocycles. The molecular weight excluding hydrogens is 212 g/mol. The lowest BCUT2D eigenvalue weighted by atomic mass is 9.65. The van der Waals surface area contributed by atoms with Gasteiger partial charge in [-0.15, -0.1) is 0 Å². The molecule has 1 fully saturated rings. The van der Waals surface area contributed by atoms with Crippen LogP contribution in [-0.2, 0) is 4.79 Å². The molecule has 0 heterocycles. The largest absolute Gasteiger partial charge is 0.481 e. The van der Waals surface area contributed by atoms with Crippen molar-refractivity contribution in [2.45, 2.75) is 39.0 Å². The van der Waals surface area contributed by atoms with Gasteiger partial charge in [0.1, 0.15) is 0 Å². The Morgan fingerprint density at radius 3 is 2.53 bits per heavy atom. The van der Waals surface area contributed by atoms with Crippen molar-refractivity contribution in [3.63, 3.8) is 0 Å². The highest BCUT2D eigenvalue weighted by Crippen LogP contribution is 2.46. The first-order valence-corrected chi connectivity index (χ1v) is 6.27. The standard InChI is InChI=1S/C15H20O2/c1-15(2)9-8-12(14(16)17)13(10-15)11-6-4-3-5-7-11/h3-7,12-13H,8-10H2,1-2H3,(H,16,17). The normalized spacial score (nSPS) is 27.6. The third kappa shape index (κ3) is 2.68. The fraction of sp³-hybridized carbons (Fsp3) is 0.533. The van der Waals surface area contributed by atoms with Crippen LogP contribution in [0.25, 0.3) is 0 Å². The first-order chi connectivity index (χ1) is 7.99. The van der Waals surface area contributed by atoms with Crippen molar-refractivity contribution in [2.75, 3.05) is 0 Å². The van der Waals surface area contributed by atoms with Gasteiger partial charge in [-0.3, -0.25) is 4.79 Å². The van der Waals surface area contributed by atoms with Crippen LogP contribution in [0.15, 0.2) is 30.3 Å². The monoisotopic (exact) mass is 232 g/mol. The molecule has 0 amide bonds. The molecule has 1 N–H and O–H groups in total. The summed E-state index contributed by atoms with van der Waals surface area (Å²) in [6, 6.07) is 10.1. The van der Waals surface area contributed by atoms with Crippen LogP contribution in [0.3, 0.4) is 0 Å². The fourth-order valence-corrected chi connectivity index (χ4v) is 2.93. The summed E-state index contributed by atoms with van der Waals surface area (Å²) in [5.41, 5.74) is 1.43. The molecule has 2 heteroatoms. The van der Waals surface area contributed by atoms with E-state index in [1.165, 1.54) is 5.56 Å². The zero-order chi connectivity index (χ0) is 12.5. The van der Waals surface area contributed by atoms with Crippen molar-refractivity contribution in [2.24, 2.45) is 11.3 Å². The van der Waals surface area contributed by atoms with Crippen molar-refractivity contribution in [3.8, 4) is 0 Å². The first-order valence-electron chi connectivity index (χ1n) is 6.27. The van der Waals surface area contributed by atoms with E-state index in [0.717, 1.165) is 19.3 Å². The summed E-state index contributed by atoms with van der Waals surface area (Å²) in [4.78, 5) is 11.3. The number of hydrogen-bond donors (Lipinski definition) is 1. The lowest BCUT2D eigenvalue weighted by Crippen LogP contribution is -2.32. The third-order valence-corrected chi connectivity index (χ3v) is 3.94. The SMILES string of the molecule is CC1(C)CCC(C(=O)O)C(c2ccccc2)C1. The van der Waals surface area contributed by atoms with E-state index in [1.807, 2.05) is 18.2 Å². The molecule has 2 atom stereocenters. The van der Waals surface area contributed by atoms with Crippen molar-refractivity contribution in [3.05, 3.63) is 35.9 Å². The molecule has 2 unspecified atom stereocenters. The highest BCUT2D eigenvalue weighted by atomic mass is 16.4. The average molecular weight is 232 g/mol. The summed E-state index contributed by atoms with van der Waals surface area (Å²) >= 11 is 0. The number of carbonyl (C=O) groups is 1. The Kier molecular flexibility index (Phi) is 3.23. The van der Waals surface area contributed by atoms with Crippen LogP contribution in [0.2, 0.25) is 0 Å². The number of benzene rings is 1. The van der Waals surface area contributed by atoms with Gasteiger partial charge >= 0.3 is 5.97 Å². The van der Waals surface area contributed by atoms with E-state index in [2.05, 4.69) is 26.0 Å². The smallest absolute Gasteiger partial charge is 0.307 e. The molecule has 92 valence electrons. The van der Waals surface area contributed by atoms with Gasteiger partial charge in [0.15, 0.2) is 0 Å². The Morgan fingerprint density at radius 2 is 1.94 bits per heavy atom. The molecule has 2 rings (SSSR count). The van der Waals surface area contributed by atoms with Gasteiger partial charge in [-0.05, 0) is 36.2 Å². The summed E-state index contributed by atoms with van der Waals surface area (Å²) < 4.78 is 0. The Morgan fingerprint density at radius 1 is 1.29 bits per heavy atom. The zero-order valence-corrected chi connectivity index (χ0v) is 10.5. The molecule has 0 saturated heterocycles. The Bertz CT molecular complexity index is 395. The number of rotatable bonds is 2. The van der Waals surface area contributed by atoms with E-state index >= 15 is 0 Å². The second-order valence-corrected chi connectivity index (χ2v) is 5.87. The molecule has 17 heavy (non-hydrogen) atoms. The average Bonchev–Trinajstić information content (AvgIpc) is 2.28. The maximum Gasteiger partial charge on any atom is 0.307 e. The van der Waals surface area contributed by atoms with Crippen LogP contribution in [0.4, 0.5) is 0 Å². The van der Waals surface area contributed by atoms with Crippen LogP contribution >= 0.6 is 0 Å². The minimum atomic E-state index is -0.644. The minimum absolute atomic E-state index is 0.164. The Hall–Kier alpha value is -1.31. The summed E-state index contributed by atoms with van der Waals surface area (Å²) in [5, 5.41) is 9.34. The Balaban J connectivity index is 2.29. The van der Waals surface area contributed by atoms with Crippen LogP contribution in [0.1, 0.15) is 44.6 Å². The predicted octanol–water partition coefficient (Wildman–Crippen LogP) is 3.68. The first kappa shape index (κ1) is 12.2. The van der Waals surface area contributed by atoms with Gasteiger partial charge in [-0.1, -0.05) is 44.2 Å². The number of carboxylic acid groups (broad SMARTS) is 1.